The molecule has 0 radical (unpaired) electrons. The van der Waals surface area contributed by atoms with Crippen molar-refractivity contribution in [2.24, 2.45) is 11.8 Å². The van der Waals surface area contributed by atoms with Crippen LogP contribution < -0.4 is 14.8 Å². The summed E-state index contributed by atoms with van der Waals surface area (Å²) in [7, 11) is -4.12. The number of alkyl carbamates (subject to hydrolysis) is 1. The van der Waals surface area contributed by atoms with Crippen molar-refractivity contribution in [3.05, 3.63) is 89.5 Å². The highest BCUT2D eigenvalue weighted by atomic mass is 32.2. The molecule has 5 atom stereocenters. The van der Waals surface area contributed by atoms with Crippen molar-refractivity contribution in [3.8, 4) is 11.5 Å². The van der Waals surface area contributed by atoms with Gasteiger partial charge in [0.15, 0.2) is 6.29 Å². The Morgan fingerprint density at radius 1 is 1.00 bits per heavy atom. The fourth-order valence-corrected chi connectivity index (χ4v) is 7.79. The van der Waals surface area contributed by atoms with E-state index < -0.39 is 46.6 Å². The molecule has 12 nitrogen and oxygen atoms in total. The quantitative estimate of drug-likeness (QED) is 0.169. The molecule has 2 aliphatic heterocycles. The Labute approximate surface area is 293 Å². The van der Waals surface area contributed by atoms with E-state index in [9.17, 15) is 23.1 Å². The number of nitrogens with zero attached hydrogens (tertiary/aromatic N) is 1. The molecule has 0 saturated carbocycles. The highest BCUT2D eigenvalue weighted by Gasteiger charge is 2.44. The zero-order valence-corrected chi connectivity index (χ0v) is 29.6. The second-order valence-corrected chi connectivity index (χ2v) is 15.1. The largest absolute Gasteiger partial charge is 0.489 e. The van der Waals surface area contributed by atoms with E-state index in [1.54, 1.807) is 6.92 Å². The third-order valence-electron chi connectivity index (χ3n) is 8.64. The van der Waals surface area contributed by atoms with Crippen molar-refractivity contribution in [2.45, 2.75) is 76.6 Å². The van der Waals surface area contributed by atoms with Gasteiger partial charge in [-0.05, 0) is 72.7 Å². The predicted molar refractivity (Wildman–Crippen MR) is 184 cm³/mol. The Kier molecular flexibility index (Phi) is 12.5. The first-order chi connectivity index (χ1) is 23.9. The van der Waals surface area contributed by atoms with Gasteiger partial charge in [-0.1, -0.05) is 56.3 Å². The van der Waals surface area contributed by atoms with Gasteiger partial charge in [0.25, 0.3) is 0 Å². The third-order valence-corrected chi connectivity index (χ3v) is 10.5. The van der Waals surface area contributed by atoms with Crippen LogP contribution in [0.1, 0.15) is 43.9 Å². The van der Waals surface area contributed by atoms with Crippen molar-refractivity contribution >= 4 is 22.1 Å². The first-order valence-electron chi connectivity index (χ1n) is 16.8. The van der Waals surface area contributed by atoms with Gasteiger partial charge in [-0.25, -0.2) is 13.2 Å². The number of carbonyl (C=O) groups is 2. The number of esters is 1. The number of hydrogen-bond donors (Lipinski definition) is 2. The summed E-state index contributed by atoms with van der Waals surface area (Å²) in [6, 6.07) is 20.4. The van der Waals surface area contributed by atoms with Crippen LogP contribution >= 0.6 is 0 Å². The molecule has 5 rings (SSSR count). The molecule has 0 bridgehead atoms. The number of aryl methyl sites for hydroxylation is 1. The summed E-state index contributed by atoms with van der Waals surface area (Å²) in [5.41, 5.74) is 2.28. The first-order valence-corrected chi connectivity index (χ1v) is 18.3. The predicted octanol–water partition coefficient (Wildman–Crippen LogP) is 4.61. The number of aliphatic hydroxyl groups is 1. The van der Waals surface area contributed by atoms with Gasteiger partial charge in [-0.15, -0.1) is 0 Å². The molecule has 2 saturated heterocycles. The molecule has 1 amide bonds. The molecule has 2 aliphatic rings. The number of aliphatic hydroxyl groups excluding tert-OH is 1. The van der Waals surface area contributed by atoms with Crippen LogP contribution in [0.3, 0.4) is 0 Å². The molecular formula is C37H46N2O10S. The Morgan fingerprint density at radius 2 is 1.74 bits per heavy atom. The summed E-state index contributed by atoms with van der Waals surface area (Å²) >= 11 is 0. The van der Waals surface area contributed by atoms with Crippen LogP contribution in [-0.4, -0.2) is 80.7 Å². The van der Waals surface area contributed by atoms with E-state index in [1.165, 1.54) is 29.4 Å². The summed E-state index contributed by atoms with van der Waals surface area (Å²) in [6.45, 7) is 7.61. The molecule has 2 N–H and O–H groups in total. The van der Waals surface area contributed by atoms with Crippen molar-refractivity contribution in [1.29, 1.82) is 0 Å². The van der Waals surface area contributed by atoms with Gasteiger partial charge in [-0.2, -0.15) is 4.31 Å². The summed E-state index contributed by atoms with van der Waals surface area (Å²) in [4.78, 5) is 24.7. The van der Waals surface area contributed by atoms with E-state index in [4.69, 9.17) is 23.7 Å². The first kappa shape index (κ1) is 37.3. The molecule has 270 valence electrons. The van der Waals surface area contributed by atoms with Gasteiger partial charge >= 0.3 is 12.1 Å². The van der Waals surface area contributed by atoms with E-state index in [2.05, 4.69) is 5.32 Å². The zero-order chi connectivity index (χ0) is 35.8. The number of fused-ring (bicyclic) bond motifs is 1. The third kappa shape index (κ3) is 9.82. The Balaban J connectivity index is 1.33. The van der Waals surface area contributed by atoms with Crippen LogP contribution in [0.2, 0.25) is 0 Å². The van der Waals surface area contributed by atoms with Crippen molar-refractivity contribution in [1.82, 2.24) is 9.62 Å². The van der Waals surface area contributed by atoms with E-state index in [0.29, 0.717) is 30.9 Å². The molecule has 0 aromatic heterocycles. The molecule has 2 heterocycles. The van der Waals surface area contributed by atoms with Crippen LogP contribution in [-0.2, 0) is 42.1 Å². The van der Waals surface area contributed by atoms with E-state index in [1.807, 2.05) is 68.4 Å². The molecule has 2 fully saturated rings. The SMILES string of the molecule is CC(=O)Oc1ccc(S(=O)(=O)N(CC(C)C)C[C@@H](O)[C@H](Cc2ccc(OCc3ccccc3)cc2)NC(=O)O[C@H]2COC3OCCC32)cc1C. The number of ether oxygens (including phenoxy) is 5. The number of hydrogen-bond acceptors (Lipinski definition) is 10. The van der Waals surface area contributed by atoms with Gasteiger partial charge in [0.2, 0.25) is 10.0 Å². The van der Waals surface area contributed by atoms with E-state index in [-0.39, 0.29) is 48.6 Å². The van der Waals surface area contributed by atoms with E-state index >= 15 is 0 Å². The smallest absolute Gasteiger partial charge is 0.407 e. The summed E-state index contributed by atoms with van der Waals surface area (Å²) in [5.74, 6) is 0.240. The number of carbonyl (C=O) groups excluding carboxylic acids is 2. The monoisotopic (exact) mass is 710 g/mol. The van der Waals surface area contributed by atoms with Gasteiger partial charge in [0.1, 0.15) is 24.2 Å². The molecular weight excluding hydrogens is 664 g/mol. The van der Waals surface area contributed by atoms with Crippen LogP contribution in [0.5, 0.6) is 11.5 Å². The molecule has 0 aliphatic carbocycles. The minimum atomic E-state index is -4.12. The van der Waals surface area contributed by atoms with Crippen molar-refractivity contribution < 1.29 is 46.8 Å². The maximum atomic E-state index is 14.0. The Morgan fingerprint density at radius 3 is 2.42 bits per heavy atom. The number of nitrogens with one attached hydrogen (secondary N) is 1. The van der Waals surface area contributed by atoms with Gasteiger partial charge in [-0.3, -0.25) is 4.79 Å². The van der Waals surface area contributed by atoms with Crippen molar-refractivity contribution in [3.63, 3.8) is 0 Å². The van der Waals surface area contributed by atoms with Crippen LogP contribution in [0.15, 0.2) is 77.7 Å². The summed E-state index contributed by atoms with van der Waals surface area (Å²) < 4.78 is 57.2. The highest BCUT2D eigenvalue weighted by molar-refractivity contribution is 7.89. The second kappa shape index (κ2) is 16.8. The maximum Gasteiger partial charge on any atom is 0.407 e. The minimum Gasteiger partial charge on any atom is -0.489 e. The molecule has 3 aromatic rings. The highest BCUT2D eigenvalue weighted by Crippen LogP contribution is 2.33. The van der Waals surface area contributed by atoms with Crippen LogP contribution in [0, 0.1) is 18.8 Å². The van der Waals surface area contributed by atoms with Crippen LogP contribution in [0.25, 0.3) is 0 Å². The maximum absolute atomic E-state index is 14.0. The lowest BCUT2D eigenvalue weighted by Gasteiger charge is -2.31. The summed E-state index contributed by atoms with van der Waals surface area (Å²) in [5, 5.41) is 14.5. The second-order valence-electron chi connectivity index (χ2n) is 13.1. The normalized spacial score (nSPS) is 19.9. The Bertz CT molecular complexity index is 1700. The van der Waals surface area contributed by atoms with Crippen LogP contribution in [0.4, 0.5) is 4.79 Å². The lowest BCUT2D eigenvalue weighted by atomic mass is 10.0. The molecule has 3 aromatic carbocycles. The van der Waals surface area contributed by atoms with Crippen molar-refractivity contribution in [2.75, 3.05) is 26.3 Å². The number of rotatable bonds is 15. The Hall–Kier alpha value is -4.01. The lowest BCUT2D eigenvalue weighted by molar-refractivity contribution is -0.131. The molecule has 50 heavy (non-hydrogen) atoms. The topological polar surface area (TPSA) is 150 Å². The number of sulfonamides is 1. The fraction of sp³-hybridized carbons (Fsp3) is 0.459. The number of amides is 1. The average molecular weight is 711 g/mol. The zero-order valence-electron chi connectivity index (χ0n) is 28.8. The standard InChI is InChI=1S/C37H46N2O10S/c1-24(2)20-39(50(43,44)30-14-15-34(25(3)18-30)48-26(4)40)21-33(41)32(38-37(42)49-35-23-47-36-31(35)16-17-45-36)19-27-10-12-29(13-11-27)46-22-28-8-6-5-7-9-28/h5-15,18,24,31-33,35-36,41H,16-17,19-23H2,1-4H3,(H,38,42)/t31?,32-,33+,35-,36?/m0/s1. The molecule has 13 heteroatoms. The van der Waals surface area contributed by atoms with Gasteiger partial charge in [0.05, 0.1) is 36.2 Å². The van der Waals surface area contributed by atoms with Gasteiger partial charge in [0, 0.05) is 20.0 Å². The van der Waals surface area contributed by atoms with Gasteiger partial charge < -0.3 is 34.1 Å². The average Bonchev–Trinajstić information content (AvgIpc) is 3.70. The summed E-state index contributed by atoms with van der Waals surface area (Å²) in [6.07, 6.45) is -2.09. The lowest BCUT2D eigenvalue weighted by Crippen LogP contribution is -2.51. The molecule has 2 unspecified atom stereocenters. The number of benzene rings is 3. The minimum absolute atomic E-state index is 0.0108. The fourth-order valence-electron chi connectivity index (χ4n) is 6.08. The van der Waals surface area contributed by atoms with E-state index in [0.717, 1.165) is 11.1 Å². The molecule has 0 spiro atoms.